The summed E-state index contributed by atoms with van der Waals surface area (Å²) in [5.74, 6) is 0. The third-order valence-corrected chi connectivity index (χ3v) is 6.69. The summed E-state index contributed by atoms with van der Waals surface area (Å²) in [4.78, 5) is 4.17. The van der Waals surface area contributed by atoms with Gasteiger partial charge in [-0.1, -0.05) is 13.3 Å². The lowest BCUT2D eigenvalue weighted by molar-refractivity contribution is 0.0613. The van der Waals surface area contributed by atoms with E-state index in [1.807, 2.05) is 11.3 Å². The van der Waals surface area contributed by atoms with Crippen molar-refractivity contribution < 1.29 is 0 Å². The Kier molecular flexibility index (Phi) is 6.73. The molecule has 0 radical (unpaired) electrons. The van der Waals surface area contributed by atoms with E-state index in [0.29, 0.717) is 6.04 Å². The average Bonchev–Trinajstić information content (AvgIpc) is 2.89. The zero-order valence-corrected chi connectivity index (χ0v) is 16.0. The Morgan fingerprint density at radius 3 is 2.62 bits per heavy atom. The molecule has 2 rings (SSSR count). The van der Waals surface area contributed by atoms with Gasteiger partial charge in [0.25, 0.3) is 0 Å². The Balaban J connectivity index is 2.11. The number of halogens is 1. The van der Waals surface area contributed by atoms with Crippen LogP contribution in [0.5, 0.6) is 0 Å². The van der Waals surface area contributed by atoms with Gasteiger partial charge in [-0.2, -0.15) is 0 Å². The largest absolute Gasteiger partial charge is 0.312 e. The molecule has 0 spiro atoms. The Morgan fingerprint density at radius 1 is 1.33 bits per heavy atom. The number of likely N-dealkylation sites (tertiary alicyclic amines) is 1. The Bertz CT molecular complexity index is 424. The molecule has 1 aromatic rings. The number of nitrogens with one attached hydrogen (secondary N) is 1. The van der Waals surface area contributed by atoms with E-state index < -0.39 is 0 Å². The first-order valence-electron chi connectivity index (χ1n) is 8.26. The van der Waals surface area contributed by atoms with Gasteiger partial charge in [0.05, 0.1) is 0 Å². The monoisotopic (exact) mass is 372 g/mol. The predicted octanol–water partition coefficient (Wildman–Crippen LogP) is 4.69. The average molecular weight is 373 g/mol. The van der Waals surface area contributed by atoms with Crippen LogP contribution in [0.1, 0.15) is 51.3 Å². The van der Waals surface area contributed by atoms with Crippen LogP contribution in [-0.2, 0) is 6.42 Å². The maximum Gasteiger partial charge on any atom is 0.0314 e. The van der Waals surface area contributed by atoms with Gasteiger partial charge in [0, 0.05) is 20.9 Å². The van der Waals surface area contributed by atoms with Crippen LogP contribution in [0.2, 0.25) is 0 Å². The van der Waals surface area contributed by atoms with Gasteiger partial charge in [0.1, 0.15) is 0 Å². The molecule has 120 valence electrons. The highest BCUT2D eigenvalue weighted by Gasteiger charge is 2.36. The second-order valence-corrected chi connectivity index (χ2v) is 8.46. The molecule has 1 aliphatic rings. The van der Waals surface area contributed by atoms with E-state index >= 15 is 0 Å². The van der Waals surface area contributed by atoms with Crippen LogP contribution >= 0.6 is 27.3 Å². The van der Waals surface area contributed by atoms with Crippen LogP contribution < -0.4 is 5.32 Å². The summed E-state index contributed by atoms with van der Waals surface area (Å²) in [6, 6.07) is 2.68. The number of piperidine rings is 1. The SMILES string of the molecule is CCCNC(Cc1sccc1Br)C(C)(C)N1CCCCC1. The molecule has 1 saturated heterocycles. The normalized spacial score (nSPS) is 18.9. The third kappa shape index (κ3) is 4.54. The second kappa shape index (κ2) is 8.09. The van der Waals surface area contributed by atoms with Gasteiger partial charge in [0.15, 0.2) is 0 Å². The van der Waals surface area contributed by atoms with Gasteiger partial charge in [-0.05, 0) is 86.5 Å². The van der Waals surface area contributed by atoms with Gasteiger partial charge >= 0.3 is 0 Å². The molecular weight excluding hydrogens is 344 g/mol. The fraction of sp³-hybridized carbons (Fsp3) is 0.765. The summed E-state index contributed by atoms with van der Waals surface area (Å²) < 4.78 is 1.27. The lowest BCUT2D eigenvalue weighted by Gasteiger charge is -2.46. The highest BCUT2D eigenvalue weighted by atomic mass is 79.9. The molecule has 1 aliphatic heterocycles. The lowest BCUT2D eigenvalue weighted by Crippen LogP contribution is -2.59. The Labute approximate surface area is 142 Å². The molecule has 0 bridgehead atoms. The molecule has 0 aromatic carbocycles. The molecular formula is C17H29BrN2S. The highest BCUT2D eigenvalue weighted by Crippen LogP contribution is 2.30. The first-order valence-corrected chi connectivity index (χ1v) is 9.93. The van der Waals surface area contributed by atoms with Crippen molar-refractivity contribution in [1.82, 2.24) is 10.2 Å². The van der Waals surface area contributed by atoms with Crippen LogP contribution in [0.15, 0.2) is 15.9 Å². The van der Waals surface area contributed by atoms with Gasteiger partial charge in [-0.3, -0.25) is 4.90 Å². The first kappa shape index (κ1) is 17.5. The number of hydrogen-bond donors (Lipinski definition) is 1. The summed E-state index contributed by atoms with van der Waals surface area (Å²) in [6.45, 7) is 10.7. The van der Waals surface area contributed by atoms with E-state index in [-0.39, 0.29) is 5.54 Å². The molecule has 2 heterocycles. The minimum atomic E-state index is 0.207. The summed E-state index contributed by atoms with van der Waals surface area (Å²) in [6.07, 6.45) is 6.41. The molecule has 4 heteroatoms. The number of hydrogen-bond acceptors (Lipinski definition) is 3. The van der Waals surface area contributed by atoms with Crippen LogP contribution in [0.4, 0.5) is 0 Å². The van der Waals surface area contributed by atoms with Gasteiger partial charge in [0.2, 0.25) is 0 Å². The lowest BCUT2D eigenvalue weighted by atomic mass is 9.87. The van der Waals surface area contributed by atoms with E-state index in [1.165, 1.54) is 48.1 Å². The molecule has 1 atom stereocenters. The van der Waals surface area contributed by atoms with Crippen molar-refractivity contribution in [3.8, 4) is 0 Å². The Morgan fingerprint density at radius 2 is 2.05 bits per heavy atom. The van der Waals surface area contributed by atoms with E-state index in [0.717, 1.165) is 13.0 Å². The van der Waals surface area contributed by atoms with Crippen molar-refractivity contribution in [2.45, 2.75) is 64.5 Å². The molecule has 0 amide bonds. The van der Waals surface area contributed by atoms with Crippen molar-refractivity contribution >= 4 is 27.3 Å². The van der Waals surface area contributed by atoms with Crippen LogP contribution in [-0.4, -0.2) is 36.1 Å². The maximum atomic E-state index is 3.82. The van der Waals surface area contributed by atoms with Crippen molar-refractivity contribution in [1.29, 1.82) is 0 Å². The smallest absolute Gasteiger partial charge is 0.0314 e. The van der Waals surface area contributed by atoms with E-state index in [2.05, 4.69) is 58.4 Å². The predicted molar refractivity (Wildman–Crippen MR) is 97.3 cm³/mol. The fourth-order valence-electron chi connectivity index (χ4n) is 3.24. The third-order valence-electron chi connectivity index (χ3n) is 4.75. The van der Waals surface area contributed by atoms with E-state index in [9.17, 15) is 0 Å². The molecule has 2 nitrogen and oxygen atoms in total. The number of rotatable bonds is 7. The van der Waals surface area contributed by atoms with E-state index in [1.54, 1.807) is 0 Å². The standard InChI is InChI=1S/C17H29BrN2S/c1-4-9-19-16(13-15-14(18)8-12-21-15)17(2,3)20-10-6-5-7-11-20/h8,12,16,19H,4-7,9-11,13H2,1-3H3. The molecule has 1 fully saturated rings. The zero-order chi connectivity index (χ0) is 15.3. The summed E-state index contributed by atoms with van der Waals surface area (Å²) in [7, 11) is 0. The topological polar surface area (TPSA) is 15.3 Å². The summed E-state index contributed by atoms with van der Waals surface area (Å²) in [5.41, 5.74) is 0.207. The molecule has 0 aliphatic carbocycles. The van der Waals surface area contributed by atoms with Crippen molar-refractivity contribution in [3.05, 3.63) is 20.8 Å². The second-order valence-electron chi connectivity index (χ2n) is 6.60. The van der Waals surface area contributed by atoms with Gasteiger partial charge in [-0.25, -0.2) is 0 Å². The summed E-state index contributed by atoms with van der Waals surface area (Å²) in [5, 5.41) is 6.00. The number of nitrogens with zero attached hydrogens (tertiary/aromatic N) is 1. The molecule has 1 N–H and O–H groups in total. The van der Waals surface area contributed by atoms with Crippen molar-refractivity contribution in [2.24, 2.45) is 0 Å². The quantitative estimate of drug-likeness (QED) is 0.746. The van der Waals surface area contributed by atoms with Gasteiger partial charge in [-0.15, -0.1) is 11.3 Å². The van der Waals surface area contributed by atoms with E-state index in [4.69, 9.17) is 0 Å². The van der Waals surface area contributed by atoms with Crippen LogP contribution in [0.3, 0.4) is 0 Å². The zero-order valence-electron chi connectivity index (χ0n) is 13.6. The highest BCUT2D eigenvalue weighted by molar-refractivity contribution is 9.10. The maximum absolute atomic E-state index is 3.82. The minimum absolute atomic E-state index is 0.207. The minimum Gasteiger partial charge on any atom is -0.312 e. The summed E-state index contributed by atoms with van der Waals surface area (Å²) >= 11 is 5.56. The van der Waals surface area contributed by atoms with Crippen molar-refractivity contribution in [2.75, 3.05) is 19.6 Å². The van der Waals surface area contributed by atoms with Gasteiger partial charge < -0.3 is 5.32 Å². The molecule has 21 heavy (non-hydrogen) atoms. The first-order chi connectivity index (χ1) is 10.1. The Hall–Kier alpha value is 0.1000. The number of thiophene rings is 1. The molecule has 1 aromatic heterocycles. The van der Waals surface area contributed by atoms with Crippen LogP contribution in [0, 0.1) is 0 Å². The molecule has 0 saturated carbocycles. The van der Waals surface area contributed by atoms with Crippen molar-refractivity contribution in [3.63, 3.8) is 0 Å². The van der Waals surface area contributed by atoms with Crippen LogP contribution in [0.25, 0.3) is 0 Å². The fourth-order valence-corrected chi connectivity index (χ4v) is 4.80. The molecule has 1 unspecified atom stereocenters.